The molecule has 1 atom stereocenters. The lowest BCUT2D eigenvalue weighted by molar-refractivity contribution is 0.0506. The number of amides is 1. The largest absolute Gasteiger partial charge is 0.444 e. The molecule has 100 valence electrons. The van der Waals surface area contributed by atoms with Crippen LogP contribution in [0.3, 0.4) is 0 Å². The van der Waals surface area contributed by atoms with Gasteiger partial charge in [0.25, 0.3) is 0 Å². The molecule has 1 rings (SSSR count). The number of hydrogen-bond donors (Lipinski definition) is 3. The third kappa shape index (κ3) is 5.89. The van der Waals surface area contributed by atoms with Crippen LogP contribution in [0.4, 0.5) is 4.79 Å². The van der Waals surface area contributed by atoms with Gasteiger partial charge in [-0.25, -0.2) is 4.79 Å². The van der Waals surface area contributed by atoms with Gasteiger partial charge in [0.2, 0.25) is 0 Å². The molecule has 5 heteroatoms. The predicted octanol–water partition coefficient (Wildman–Crippen LogP) is 0.979. The maximum Gasteiger partial charge on any atom is 0.407 e. The van der Waals surface area contributed by atoms with E-state index >= 15 is 0 Å². The van der Waals surface area contributed by atoms with E-state index in [1.54, 1.807) is 0 Å². The van der Waals surface area contributed by atoms with Crippen LogP contribution in [0.25, 0.3) is 0 Å². The van der Waals surface area contributed by atoms with Crippen LogP contribution in [0.15, 0.2) is 0 Å². The highest BCUT2D eigenvalue weighted by Crippen LogP contribution is 2.16. The van der Waals surface area contributed by atoms with Crippen LogP contribution in [0.5, 0.6) is 0 Å². The van der Waals surface area contributed by atoms with E-state index in [1.165, 1.54) is 0 Å². The van der Waals surface area contributed by atoms with Crippen LogP contribution in [-0.4, -0.2) is 36.4 Å². The van der Waals surface area contributed by atoms with Crippen LogP contribution in [-0.2, 0) is 4.74 Å². The number of nitrogens with two attached hydrogens (primary N) is 1. The highest BCUT2D eigenvalue weighted by Gasteiger charge is 2.25. The molecule has 0 saturated heterocycles. The standard InChI is InChI=1S/C12H25N3O2/c1-8(7-14-10-5-9(13)6-10)15-11(16)17-12(2,3)4/h8-10,14H,5-7,13H2,1-4H3,(H,15,16). The fraction of sp³-hybridized carbons (Fsp3) is 0.917. The van der Waals surface area contributed by atoms with Crippen molar-refractivity contribution in [3.8, 4) is 0 Å². The van der Waals surface area contributed by atoms with Crippen molar-refractivity contribution >= 4 is 6.09 Å². The van der Waals surface area contributed by atoms with Gasteiger partial charge in [-0.2, -0.15) is 0 Å². The van der Waals surface area contributed by atoms with Crippen molar-refractivity contribution in [1.82, 2.24) is 10.6 Å². The van der Waals surface area contributed by atoms with E-state index in [0.717, 1.165) is 19.4 Å². The molecule has 1 aliphatic carbocycles. The Labute approximate surface area is 103 Å². The van der Waals surface area contributed by atoms with Crippen LogP contribution in [0, 0.1) is 0 Å². The molecule has 5 nitrogen and oxygen atoms in total. The molecule has 1 fully saturated rings. The van der Waals surface area contributed by atoms with Gasteiger partial charge < -0.3 is 21.1 Å². The smallest absolute Gasteiger partial charge is 0.407 e. The van der Waals surface area contributed by atoms with Gasteiger partial charge in [0.05, 0.1) is 0 Å². The second kappa shape index (κ2) is 5.69. The minimum atomic E-state index is -0.446. The van der Waals surface area contributed by atoms with Gasteiger partial charge in [-0.3, -0.25) is 0 Å². The van der Waals surface area contributed by atoms with Crippen LogP contribution in [0.1, 0.15) is 40.5 Å². The Balaban J connectivity index is 2.12. The molecule has 0 aromatic carbocycles. The van der Waals surface area contributed by atoms with Crippen LogP contribution < -0.4 is 16.4 Å². The Morgan fingerprint density at radius 2 is 2.06 bits per heavy atom. The molecule has 4 N–H and O–H groups in total. The fourth-order valence-electron chi connectivity index (χ4n) is 1.73. The summed E-state index contributed by atoms with van der Waals surface area (Å²) in [5.41, 5.74) is 5.25. The first-order valence-electron chi connectivity index (χ1n) is 6.25. The van der Waals surface area contributed by atoms with E-state index in [2.05, 4.69) is 10.6 Å². The summed E-state index contributed by atoms with van der Waals surface area (Å²) < 4.78 is 5.17. The maximum atomic E-state index is 11.5. The Bertz CT molecular complexity index is 257. The predicted molar refractivity (Wildman–Crippen MR) is 67.8 cm³/mol. The van der Waals surface area contributed by atoms with E-state index in [9.17, 15) is 4.79 Å². The van der Waals surface area contributed by atoms with E-state index in [4.69, 9.17) is 10.5 Å². The molecular weight excluding hydrogens is 218 g/mol. The lowest BCUT2D eigenvalue weighted by Crippen LogP contribution is -2.52. The van der Waals surface area contributed by atoms with Gasteiger partial charge in [0.1, 0.15) is 5.60 Å². The highest BCUT2D eigenvalue weighted by atomic mass is 16.6. The summed E-state index contributed by atoms with van der Waals surface area (Å²) in [6.07, 6.45) is 1.69. The number of ether oxygens (including phenoxy) is 1. The van der Waals surface area contributed by atoms with Crippen molar-refractivity contribution in [2.45, 2.75) is 64.3 Å². The molecule has 0 aliphatic heterocycles. The minimum absolute atomic E-state index is 0.0571. The molecule has 0 radical (unpaired) electrons. The second-order valence-electron chi connectivity index (χ2n) is 5.88. The number of nitrogens with one attached hydrogen (secondary N) is 2. The maximum absolute atomic E-state index is 11.5. The number of hydrogen-bond acceptors (Lipinski definition) is 4. The topological polar surface area (TPSA) is 76.4 Å². The summed E-state index contributed by atoms with van der Waals surface area (Å²) in [4.78, 5) is 11.5. The Hall–Kier alpha value is -0.810. The third-order valence-corrected chi connectivity index (χ3v) is 2.65. The Morgan fingerprint density at radius 1 is 1.47 bits per heavy atom. The van der Waals surface area contributed by atoms with E-state index in [-0.39, 0.29) is 12.1 Å². The summed E-state index contributed by atoms with van der Waals surface area (Å²) in [7, 11) is 0. The number of carbonyl (C=O) groups excluding carboxylic acids is 1. The molecule has 0 bridgehead atoms. The lowest BCUT2D eigenvalue weighted by atomic mass is 9.87. The zero-order valence-electron chi connectivity index (χ0n) is 11.2. The van der Waals surface area contributed by atoms with Crippen molar-refractivity contribution < 1.29 is 9.53 Å². The molecule has 1 aliphatic rings. The van der Waals surface area contributed by atoms with Gasteiger partial charge in [0.15, 0.2) is 0 Å². The second-order valence-corrected chi connectivity index (χ2v) is 5.88. The zero-order valence-corrected chi connectivity index (χ0v) is 11.2. The lowest BCUT2D eigenvalue weighted by Gasteiger charge is -2.34. The average molecular weight is 243 g/mol. The molecule has 0 aromatic heterocycles. The summed E-state index contributed by atoms with van der Waals surface area (Å²) in [6, 6.07) is 0.913. The molecule has 0 heterocycles. The first kappa shape index (κ1) is 14.3. The zero-order chi connectivity index (χ0) is 13.1. The molecular formula is C12H25N3O2. The van der Waals surface area contributed by atoms with E-state index < -0.39 is 5.60 Å². The normalized spacial score (nSPS) is 25.9. The Kier molecular flexibility index (Phi) is 4.77. The van der Waals surface area contributed by atoms with Gasteiger partial charge in [-0.1, -0.05) is 0 Å². The molecule has 17 heavy (non-hydrogen) atoms. The molecule has 0 spiro atoms. The SMILES string of the molecule is CC(CNC1CC(N)C1)NC(=O)OC(C)(C)C. The van der Waals surface area contributed by atoms with Crippen molar-refractivity contribution in [3.63, 3.8) is 0 Å². The quantitative estimate of drug-likeness (QED) is 0.688. The fourth-order valence-corrected chi connectivity index (χ4v) is 1.73. The Morgan fingerprint density at radius 3 is 2.53 bits per heavy atom. The summed E-state index contributed by atoms with van der Waals surface area (Å²) in [5.74, 6) is 0. The van der Waals surface area contributed by atoms with Gasteiger partial charge >= 0.3 is 6.09 Å². The van der Waals surface area contributed by atoms with Gasteiger partial charge in [-0.15, -0.1) is 0 Å². The van der Waals surface area contributed by atoms with Crippen molar-refractivity contribution in [2.75, 3.05) is 6.54 Å². The van der Waals surface area contributed by atoms with E-state index in [0.29, 0.717) is 12.1 Å². The average Bonchev–Trinajstić information content (AvgIpc) is 2.06. The first-order chi connectivity index (χ1) is 7.76. The van der Waals surface area contributed by atoms with Crippen molar-refractivity contribution in [3.05, 3.63) is 0 Å². The van der Waals surface area contributed by atoms with Crippen LogP contribution in [0.2, 0.25) is 0 Å². The molecule has 0 aromatic rings. The van der Waals surface area contributed by atoms with Crippen LogP contribution >= 0.6 is 0 Å². The highest BCUT2D eigenvalue weighted by molar-refractivity contribution is 5.68. The third-order valence-electron chi connectivity index (χ3n) is 2.65. The monoisotopic (exact) mass is 243 g/mol. The van der Waals surface area contributed by atoms with Gasteiger partial charge in [-0.05, 0) is 40.5 Å². The number of carbonyl (C=O) groups is 1. The molecule has 1 unspecified atom stereocenters. The summed E-state index contributed by atoms with van der Waals surface area (Å²) in [5, 5.41) is 6.16. The molecule has 1 amide bonds. The van der Waals surface area contributed by atoms with Crippen molar-refractivity contribution in [2.24, 2.45) is 5.73 Å². The first-order valence-corrected chi connectivity index (χ1v) is 6.25. The van der Waals surface area contributed by atoms with E-state index in [1.807, 2.05) is 27.7 Å². The summed E-state index contributed by atoms with van der Waals surface area (Å²) in [6.45, 7) is 8.26. The summed E-state index contributed by atoms with van der Waals surface area (Å²) >= 11 is 0. The van der Waals surface area contributed by atoms with Gasteiger partial charge in [0, 0.05) is 24.7 Å². The minimum Gasteiger partial charge on any atom is -0.444 e. The number of rotatable bonds is 4. The number of alkyl carbamates (subject to hydrolysis) is 1. The molecule has 1 saturated carbocycles. The van der Waals surface area contributed by atoms with Crippen molar-refractivity contribution in [1.29, 1.82) is 0 Å².